The average molecular weight is 360 g/mol. The summed E-state index contributed by atoms with van der Waals surface area (Å²) in [7, 11) is 2.09. The molecule has 0 amide bonds. The van der Waals surface area contributed by atoms with E-state index in [0.29, 0.717) is 5.75 Å². The van der Waals surface area contributed by atoms with E-state index in [4.69, 9.17) is 4.74 Å². The van der Waals surface area contributed by atoms with Crippen LogP contribution in [0.2, 0.25) is 0 Å². The second-order valence-electron chi connectivity index (χ2n) is 6.59. The number of benzene rings is 2. The largest absolute Gasteiger partial charge is 0.508 e. The Kier molecular flexibility index (Phi) is 2.80. The minimum Gasteiger partial charge on any atom is -0.508 e. The van der Waals surface area contributed by atoms with Crippen LogP contribution >= 0.6 is 15.9 Å². The van der Waals surface area contributed by atoms with Crippen molar-refractivity contribution in [1.29, 1.82) is 0 Å². The molecule has 3 nitrogen and oxygen atoms in total. The van der Waals surface area contributed by atoms with Gasteiger partial charge in [0.25, 0.3) is 0 Å². The van der Waals surface area contributed by atoms with Gasteiger partial charge in [0.1, 0.15) is 11.5 Å². The standard InChI is InChI=1S/C18H18BrNO2/c1-10-6-13(21)7-11-9-18(2)14-5-4-12(19)8-15(14)20(3)17(18)22-16(10)11/h4-8,17,21H,9H2,1-3H3. The van der Waals surface area contributed by atoms with Crippen LogP contribution in [-0.2, 0) is 11.8 Å². The molecule has 114 valence electrons. The van der Waals surface area contributed by atoms with Crippen LogP contribution in [0.1, 0.15) is 23.6 Å². The SMILES string of the molecule is Cc1cc(O)cc2c1OC1N(C)c3cc(Br)ccc3C1(C)C2. The van der Waals surface area contributed by atoms with E-state index in [1.54, 1.807) is 6.07 Å². The molecule has 0 spiro atoms. The van der Waals surface area contributed by atoms with Gasteiger partial charge in [-0.2, -0.15) is 0 Å². The van der Waals surface area contributed by atoms with Crippen LogP contribution in [0.5, 0.6) is 11.5 Å². The Labute approximate surface area is 138 Å². The lowest BCUT2D eigenvalue weighted by molar-refractivity contribution is 0.107. The number of ether oxygens (including phenoxy) is 1. The number of hydrogen-bond acceptors (Lipinski definition) is 3. The molecule has 0 radical (unpaired) electrons. The summed E-state index contributed by atoms with van der Waals surface area (Å²) in [6.07, 6.45) is 0.842. The normalized spacial score (nSPS) is 25.3. The Morgan fingerprint density at radius 1 is 1.32 bits per heavy atom. The number of phenolic OH excluding ortho intramolecular Hbond substituents is 1. The second kappa shape index (κ2) is 4.42. The first-order chi connectivity index (χ1) is 10.4. The van der Waals surface area contributed by atoms with Crippen molar-refractivity contribution in [1.82, 2.24) is 0 Å². The number of likely N-dealkylation sites (N-methyl/N-ethyl adjacent to an activating group) is 1. The number of hydrogen-bond donors (Lipinski definition) is 1. The van der Waals surface area contributed by atoms with Crippen molar-refractivity contribution in [2.24, 2.45) is 0 Å². The number of halogens is 1. The van der Waals surface area contributed by atoms with Gasteiger partial charge in [0.15, 0.2) is 6.23 Å². The smallest absolute Gasteiger partial charge is 0.182 e. The minimum absolute atomic E-state index is 0.0208. The van der Waals surface area contributed by atoms with Crippen molar-refractivity contribution < 1.29 is 9.84 Å². The first-order valence-corrected chi connectivity index (χ1v) is 8.21. The Morgan fingerprint density at radius 3 is 2.86 bits per heavy atom. The Bertz CT molecular complexity index is 789. The molecule has 2 aliphatic heterocycles. The lowest BCUT2D eigenvalue weighted by Gasteiger charge is -2.40. The molecule has 0 aromatic heterocycles. The van der Waals surface area contributed by atoms with Crippen molar-refractivity contribution in [3.8, 4) is 11.5 Å². The first-order valence-electron chi connectivity index (χ1n) is 7.42. The monoisotopic (exact) mass is 359 g/mol. The van der Waals surface area contributed by atoms with Gasteiger partial charge < -0.3 is 14.7 Å². The fourth-order valence-electron chi connectivity index (χ4n) is 3.99. The number of aryl methyl sites for hydroxylation is 1. The van der Waals surface area contributed by atoms with Gasteiger partial charge in [0.05, 0.1) is 5.41 Å². The topological polar surface area (TPSA) is 32.7 Å². The number of rotatable bonds is 0. The van der Waals surface area contributed by atoms with E-state index in [1.807, 2.05) is 13.0 Å². The zero-order valence-electron chi connectivity index (χ0n) is 12.9. The molecule has 2 aromatic carbocycles. The highest BCUT2D eigenvalue weighted by Crippen LogP contribution is 2.52. The molecule has 2 heterocycles. The lowest BCUT2D eigenvalue weighted by Crippen LogP contribution is -2.49. The molecule has 22 heavy (non-hydrogen) atoms. The summed E-state index contributed by atoms with van der Waals surface area (Å²) >= 11 is 3.56. The van der Waals surface area contributed by atoms with Crippen LogP contribution in [0.4, 0.5) is 5.69 Å². The van der Waals surface area contributed by atoms with Crippen LogP contribution in [-0.4, -0.2) is 18.4 Å². The molecule has 0 aliphatic carbocycles. The lowest BCUT2D eigenvalue weighted by atomic mass is 9.75. The molecule has 2 aromatic rings. The van der Waals surface area contributed by atoms with Crippen LogP contribution in [0.25, 0.3) is 0 Å². The van der Waals surface area contributed by atoms with E-state index in [2.05, 4.69) is 53.0 Å². The highest BCUT2D eigenvalue weighted by atomic mass is 79.9. The van der Waals surface area contributed by atoms with Crippen LogP contribution < -0.4 is 9.64 Å². The molecular formula is C18H18BrNO2. The minimum atomic E-state index is -0.113. The average Bonchev–Trinajstić information content (AvgIpc) is 2.65. The van der Waals surface area contributed by atoms with Gasteiger partial charge in [0, 0.05) is 17.2 Å². The maximum atomic E-state index is 9.90. The third kappa shape index (κ3) is 1.73. The van der Waals surface area contributed by atoms with E-state index in [1.165, 1.54) is 11.3 Å². The fraction of sp³-hybridized carbons (Fsp3) is 0.333. The molecule has 2 aliphatic rings. The third-order valence-corrected chi connectivity index (χ3v) is 5.47. The zero-order valence-corrected chi connectivity index (χ0v) is 14.4. The molecule has 0 bridgehead atoms. The van der Waals surface area contributed by atoms with E-state index in [0.717, 1.165) is 27.8 Å². The van der Waals surface area contributed by atoms with Crippen molar-refractivity contribution in [2.75, 3.05) is 11.9 Å². The number of fused-ring (bicyclic) bond motifs is 4. The Hall–Kier alpha value is -1.68. The fourth-order valence-corrected chi connectivity index (χ4v) is 4.34. The molecule has 2 unspecified atom stereocenters. The van der Waals surface area contributed by atoms with Crippen molar-refractivity contribution in [2.45, 2.75) is 31.9 Å². The first kappa shape index (κ1) is 13.9. The van der Waals surface area contributed by atoms with Gasteiger partial charge in [-0.15, -0.1) is 0 Å². The highest BCUT2D eigenvalue weighted by Gasteiger charge is 2.51. The molecule has 0 saturated heterocycles. The number of phenols is 1. The Morgan fingerprint density at radius 2 is 2.09 bits per heavy atom. The van der Waals surface area contributed by atoms with Gasteiger partial charge in [-0.3, -0.25) is 0 Å². The maximum absolute atomic E-state index is 9.90. The summed E-state index contributed by atoms with van der Waals surface area (Å²) in [6.45, 7) is 4.23. The third-order valence-electron chi connectivity index (χ3n) is 4.98. The van der Waals surface area contributed by atoms with Gasteiger partial charge >= 0.3 is 0 Å². The molecule has 0 fully saturated rings. The van der Waals surface area contributed by atoms with Gasteiger partial charge in [0.2, 0.25) is 0 Å². The van der Waals surface area contributed by atoms with Crippen LogP contribution in [0.15, 0.2) is 34.8 Å². The van der Waals surface area contributed by atoms with Gasteiger partial charge in [-0.1, -0.05) is 22.0 Å². The number of anilines is 1. The summed E-state index contributed by atoms with van der Waals surface area (Å²) in [5, 5.41) is 9.90. The molecular weight excluding hydrogens is 342 g/mol. The van der Waals surface area contributed by atoms with E-state index in [-0.39, 0.29) is 11.6 Å². The van der Waals surface area contributed by atoms with Gasteiger partial charge in [-0.25, -0.2) is 0 Å². The number of aromatic hydroxyl groups is 1. The van der Waals surface area contributed by atoms with Crippen molar-refractivity contribution >= 4 is 21.6 Å². The molecule has 2 atom stereocenters. The summed E-state index contributed by atoms with van der Waals surface area (Å²) in [6, 6.07) is 10.0. The molecule has 1 N–H and O–H groups in total. The summed E-state index contributed by atoms with van der Waals surface area (Å²) in [5.74, 6) is 1.23. The van der Waals surface area contributed by atoms with E-state index in [9.17, 15) is 5.11 Å². The quantitative estimate of drug-likeness (QED) is 0.767. The van der Waals surface area contributed by atoms with Gasteiger partial charge in [-0.05, 0) is 61.2 Å². The zero-order chi connectivity index (χ0) is 15.6. The predicted octanol–water partition coefficient (Wildman–Crippen LogP) is 4.13. The second-order valence-corrected chi connectivity index (χ2v) is 7.50. The molecule has 4 rings (SSSR count). The molecule has 0 saturated carbocycles. The predicted molar refractivity (Wildman–Crippen MR) is 90.9 cm³/mol. The highest BCUT2D eigenvalue weighted by molar-refractivity contribution is 9.10. The number of nitrogens with zero attached hydrogens (tertiary/aromatic N) is 1. The van der Waals surface area contributed by atoms with E-state index < -0.39 is 0 Å². The maximum Gasteiger partial charge on any atom is 0.182 e. The summed E-state index contributed by atoms with van der Waals surface area (Å²) in [4.78, 5) is 2.22. The van der Waals surface area contributed by atoms with Crippen molar-refractivity contribution in [3.05, 3.63) is 51.5 Å². The van der Waals surface area contributed by atoms with Crippen LogP contribution in [0, 0.1) is 6.92 Å². The Balaban J connectivity index is 1.90. The summed E-state index contributed by atoms with van der Waals surface area (Å²) in [5.41, 5.74) is 4.47. The van der Waals surface area contributed by atoms with Crippen LogP contribution in [0.3, 0.4) is 0 Å². The van der Waals surface area contributed by atoms with E-state index >= 15 is 0 Å². The summed E-state index contributed by atoms with van der Waals surface area (Å²) < 4.78 is 7.45. The van der Waals surface area contributed by atoms with Crippen molar-refractivity contribution in [3.63, 3.8) is 0 Å². The molecule has 4 heteroatoms.